The van der Waals surface area contributed by atoms with E-state index in [2.05, 4.69) is 4.98 Å². The van der Waals surface area contributed by atoms with Crippen molar-refractivity contribution in [3.05, 3.63) is 49.1 Å². The van der Waals surface area contributed by atoms with Crippen LogP contribution in [-0.2, 0) is 19.0 Å². The average molecular weight is 712 g/mol. The van der Waals surface area contributed by atoms with E-state index < -0.39 is 126 Å². The van der Waals surface area contributed by atoms with Gasteiger partial charge in [0.1, 0.15) is 71.0 Å². The number of rotatable bonds is 9. The van der Waals surface area contributed by atoms with Crippen molar-refractivity contribution in [2.45, 2.75) is 87.4 Å². The van der Waals surface area contributed by atoms with Gasteiger partial charge in [0.2, 0.25) is 12.6 Å². The number of hydrogen-bond donors (Lipinski definition) is 10. The monoisotopic (exact) mass is 711 g/mol. The van der Waals surface area contributed by atoms with E-state index >= 15 is 0 Å². The van der Waals surface area contributed by atoms with Gasteiger partial charge >= 0.3 is 5.97 Å². The highest BCUT2D eigenvalue weighted by Gasteiger charge is 2.46. The minimum atomic E-state index is -1.92. The lowest BCUT2D eigenvalue weighted by molar-refractivity contribution is -0.278. The number of Topliss-reactive ketones (excluding diaryl/α,β-unsaturated/α-hetero) is 1. The largest absolute Gasteiger partial charge is 0.462 e. The molecular weight excluding hydrogens is 674 g/mol. The molecule has 1 aromatic carbocycles. The number of benzene rings is 1. The van der Waals surface area contributed by atoms with Crippen LogP contribution < -0.4 is 37.0 Å². The number of nitrogens with zero attached hydrogens (tertiary/aromatic N) is 1. The van der Waals surface area contributed by atoms with Gasteiger partial charge in [-0.2, -0.15) is 0 Å². The number of nitrogens with two attached hydrogens (primary N) is 1. The summed E-state index contributed by atoms with van der Waals surface area (Å²) in [5.74, 6) is -2.61. The van der Waals surface area contributed by atoms with Crippen LogP contribution in [-0.4, -0.2) is 137 Å². The second kappa shape index (κ2) is 14.9. The van der Waals surface area contributed by atoms with E-state index in [-0.39, 0.29) is 17.5 Å². The zero-order valence-corrected chi connectivity index (χ0v) is 26.3. The van der Waals surface area contributed by atoms with Crippen LogP contribution in [0.4, 0.5) is 5.69 Å². The number of aromatic nitrogens is 2. The molecule has 0 saturated carbocycles. The standard InChI is InChI=1S/C30H37N3O17/c1-10(36)46-19-4-2-3-14-27(44)32-13(28(45)33(14)19)7-15(37)12-5-11(47-29-25(42)23(40)21(38)17(8-34)49-29)6-16(20(12)31)48-30-26(43)24(41)22(39)18(9-35)50-30/h3,5-7,17-19,21-26,29-30,34-35,38-43H,2,4,8-9,31H2,1H3,(H,32,44). The maximum atomic E-state index is 13.7. The molecule has 0 aliphatic carbocycles. The minimum Gasteiger partial charge on any atom is -0.462 e. The SMILES string of the molecule is CC(=O)OC1CCC=c2c(=O)[nH]c(=CC(=O)c3cc(OC4OC(CO)C(O)C(O)C4O)cc(OC4OC(CO)C(O)C(O)C4O)c3N)c(=O)n21. The molecule has 11 N–H and O–H groups in total. The fourth-order valence-corrected chi connectivity index (χ4v) is 5.73. The third-order valence-corrected chi connectivity index (χ3v) is 8.38. The molecule has 4 heterocycles. The molecule has 0 bridgehead atoms. The quantitative estimate of drug-likeness (QED) is 0.0657. The van der Waals surface area contributed by atoms with E-state index in [0.717, 1.165) is 29.7 Å². The van der Waals surface area contributed by atoms with Gasteiger partial charge in [-0.3, -0.25) is 23.7 Å². The van der Waals surface area contributed by atoms with E-state index in [4.69, 9.17) is 29.4 Å². The highest BCUT2D eigenvalue weighted by Crippen LogP contribution is 2.36. The molecule has 2 saturated heterocycles. The molecule has 11 unspecified atom stereocenters. The summed E-state index contributed by atoms with van der Waals surface area (Å²) in [6.45, 7) is -0.469. The minimum absolute atomic E-state index is 0.0956. The molecule has 20 heteroatoms. The normalized spacial score (nSPS) is 32.8. The van der Waals surface area contributed by atoms with E-state index in [0.29, 0.717) is 6.42 Å². The first kappa shape index (κ1) is 37.0. The van der Waals surface area contributed by atoms with Crippen molar-refractivity contribution >= 4 is 29.6 Å². The fourth-order valence-electron chi connectivity index (χ4n) is 5.73. The number of H-pyrrole nitrogens is 1. The second-order valence-electron chi connectivity index (χ2n) is 11.8. The number of nitrogen functional groups attached to an aromatic ring is 1. The van der Waals surface area contributed by atoms with Crippen LogP contribution in [0.15, 0.2) is 21.7 Å². The number of hydrogen-bond acceptors (Lipinski definition) is 18. The summed E-state index contributed by atoms with van der Waals surface area (Å²) in [5.41, 5.74) is 3.64. The van der Waals surface area contributed by atoms with Crippen molar-refractivity contribution in [3.63, 3.8) is 0 Å². The number of aliphatic hydroxyl groups excluding tert-OH is 8. The molecule has 2 fully saturated rings. The predicted octanol–water partition coefficient (Wildman–Crippen LogP) is -6.22. The van der Waals surface area contributed by atoms with Gasteiger partial charge in [-0.15, -0.1) is 0 Å². The number of aliphatic hydroxyl groups is 8. The number of carbonyl (C=O) groups excluding carboxylic acids is 2. The molecule has 0 radical (unpaired) electrons. The van der Waals surface area contributed by atoms with Crippen molar-refractivity contribution in [1.82, 2.24) is 9.55 Å². The second-order valence-corrected chi connectivity index (χ2v) is 11.8. The van der Waals surface area contributed by atoms with Crippen LogP contribution in [0.2, 0.25) is 0 Å². The van der Waals surface area contributed by atoms with Crippen molar-refractivity contribution in [2.75, 3.05) is 18.9 Å². The number of ether oxygens (including phenoxy) is 5. The topological polar surface area (TPSA) is 323 Å². The van der Waals surface area contributed by atoms with Crippen molar-refractivity contribution in [1.29, 1.82) is 0 Å². The summed E-state index contributed by atoms with van der Waals surface area (Å²) in [4.78, 5) is 54.1. The molecular formula is C30H37N3O17. The lowest BCUT2D eigenvalue weighted by Crippen LogP contribution is -2.60. The van der Waals surface area contributed by atoms with Crippen LogP contribution in [0.3, 0.4) is 0 Å². The molecule has 0 spiro atoms. The molecule has 11 atom stereocenters. The molecule has 5 rings (SSSR count). The molecule has 20 nitrogen and oxygen atoms in total. The van der Waals surface area contributed by atoms with Gasteiger partial charge in [0.15, 0.2) is 12.0 Å². The molecule has 3 aliphatic rings. The zero-order chi connectivity index (χ0) is 36.6. The van der Waals surface area contributed by atoms with Crippen LogP contribution in [0.1, 0.15) is 36.4 Å². The fraction of sp³-hybridized carbons (Fsp3) is 0.533. The summed E-state index contributed by atoms with van der Waals surface area (Å²) in [7, 11) is 0. The number of ketones is 1. The molecule has 1 aromatic heterocycles. The molecule has 3 aliphatic heterocycles. The molecule has 2 aromatic rings. The van der Waals surface area contributed by atoms with Gasteiger partial charge in [0.05, 0.1) is 24.5 Å². The number of esters is 1. The highest BCUT2D eigenvalue weighted by molar-refractivity contribution is 6.20. The number of anilines is 1. The Labute approximate surface area is 280 Å². The highest BCUT2D eigenvalue weighted by atomic mass is 16.7. The first-order valence-electron chi connectivity index (χ1n) is 15.3. The third-order valence-electron chi connectivity index (χ3n) is 8.38. The van der Waals surface area contributed by atoms with E-state index in [1.165, 1.54) is 6.08 Å². The van der Waals surface area contributed by atoms with Gasteiger partial charge < -0.3 is 75.3 Å². The molecule has 50 heavy (non-hydrogen) atoms. The summed E-state index contributed by atoms with van der Waals surface area (Å²) in [6, 6.07) is 2.02. The predicted molar refractivity (Wildman–Crippen MR) is 164 cm³/mol. The number of aromatic amines is 1. The molecule has 274 valence electrons. The first-order valence-corrected chi connectivity index (χ1v) is 15.3. The molecule has 0 amide bonds. The van der Waals surface area contributed by atoms with Crippen molar-refractivity contribution < 1.29 is 74.1 Å². The summed E-state index contributed by atoms with van der Waals surface area (Å²) in [6.07, 6.45) is -15.8. The van der Waals surface area contributed by atoms with Gasteiger partial charge in [-0.05, 0) is 12.5 Å². The van der Waals surface area contributed by atoms with Gasteiger partial charge in [-0.25, -0.2) is 0 Å². The Morgan fingerprint density at radius 3 is 2.06 bits per heavy atom. The van der Waals surface area contributed by atoms with Crippen LogP contribution in [0.5, 0.6) is 11.5 Å². The van der Waals surface area contributed by atoms with E-state index in [1.54, 1.807) is 0 Å². The van der Waals surface area contributed by atoms with Gasteiger partial charge in [0.25, 0.3) is 11.1 Å². The van der Waals surface area contributed by atoms with Gasteiger partial charge in [0, 0.05) is 25.5 Å². The Bertz CT molecular complexity index is 1840. The Hall–Kier alpha value is -4.22. The Kier molecular flexibility index (Phi) is 11.1. The third kappa shape index (κ3) is 7.16. The Balaban J connectivity index is 1.59. The number of fused-ring (bicyclic) bond motifs is 1. The van der Waals surface area contributed by atoms with E-state index in [9.17, 15) is 60.0 Å². The number of carbonyl (C=O) groups is 2. The van der Waals surface area contributed by atoms with Crippen molar-refractivity contribution in [3.8, 4) is 11.5 Å². The maximum absolute atomic E-state index is 13.7. The van der Waals surface area contributed by atoms with E-state index in [1.807, 2.05) is 0 Å². The van der Waals surface area contributed by atoms with Crippen LogP contribution >= 0.6 is 0 Å². The first-order chi connectivity index (χ1) is 23.7. The summed E-state index contributed by atoms with van der Waals surface area (Å²) >= 11 is 0. The number of nitrogens with one attached hydrogen (secondary N) is 1. The Morgan fingerprint density at radius 2 is 1.50 bits per heavy atom. The summed E-state index contributed by atoms with van der Waals surface area (Å²) in [5, 5.41) is 80.3. The lowest BCUT2D eigenvalue weighted by Gasteiger charge is -2.40. The maximum Gasteiger partial charge on any atom is 0.304 e. The van der Waals surface area contributed by atoms with Gasteiger partial charge in [-0.1, -0.05) is 6.08 Å². The Morgan fingerprint density at radius 1 is 0.920 bits per heavy atom. The average Bonchev–Trinajstić information content (AvgIpc) is 3.08. The van der Waals surface area contributed by atoms with Crippen LogP contribution in [0, 0.1) is 0 Å². The lowest BCUT2D eigenvalue weighted by atomic mass is 9.99. The smallest absolute Gasteiger partial charge is 0.304 e. The van der Waals surface area contributed by atoms with Crippen LogP contribution in [0.25, 0.3) is 12.2 Å². The zero-order valence-electron chi connectivity index (χ0n) is 26.3. The van der Waals surface area contributed by atoms with Crippen molar-refractivity contribution in [2.24, 2.45) is 0 Å². The summed E-state index contributed by atoms with van der Waals surface area (Å²) < 4.78 is 28.2.